The van der Waals surface area contributed by atoms with E-state index in [1.165, 1.54) is 19.3 Å². The lowest BCUT2D eigenvalue weighted by Gasteiger charge is -2.21. The molecule has 4 rings (SSSR count). The SMILES string of the molecule is CCC(C)OC(=O)c1c(SC2CCCCC2)ncn1Cc1cc2c(cc1Cl)OCO2. The highest BCUT2D eigenvalue weighted by molar-refractivity contribution is 7.99. The third-order valence-corrected chi connectivity index (χ3v) is 7.27. The maximum absolute atomic E-state index is 13.0. The molecule has 1 fully saturated rings. The monoisotopic (exact) mass is 450 g/mol. The molecule has 162 valence electrons. The van der Waals surface area contributed by atoms with Crippen molar-refractivity contribution in [1.82, 2.24) is 9.55 Å². The number of benzene rings is 1. The van der Waals surface area contributed by atoms with Gasteiger partial charge >= 0.3 is 5.97 Å². The summed E-state index contributed by atoms with van der Waals surface area (Å²) in [6.45, 7) is 4.49. The minimum absolute atomic E-state index is 0.150. The largest absolute Gasteiger partial charge is 0.458 e. The van der Waals surface area contributed by atoms with Crippen molar-refractivity contribution in [2.75, 3.05) is 6.79 Å². The number of imidazole rings is 1. The molecule has 1 saturated carbocycles. The molecular formula is C22H27ClN2O4S. The van der Waals surface area contributed by atoms with E-state index in [0.29, 0.717) is 34.0 Å². The van der Waals surface area contributed by atoms with Crippen LogP contribution in [0.25, 0.3) is 0 Å². The Morgan fingerprint density at radius 1 is 1.30 bits per heavy atom. The molecule has 8 heteroatoms. The van der Waals surface area contributed by atoms with Crippen molar-refractivity contribution in [3.8, 4) is 11.5 Å². The van der Waals surface area contributed by atoms with E-state index in [2.05, 4.69) is 4.98 Å². The van der Waals surface area contributed by atoms with Gasteiger partial charge in [0.1, 0.15) is 5.03 Å². The van der Waals surface area contributed by atoms with E-state index in [4.69, 9.17) is 25.8 Å². The van der Waals surface area contributed by atoms with E-state index in [0.717, 1.165) is 29.9 Å². The Morgan fingerprint density at radius 3 is 2.77 bits per heavy atom. The Morgan fingerprint density at radius 2 is 2.03 bits per heavy atom. The fraction of sp³-hybridized carbons (Fsp3) is 0.545. The molecule has 1 atom stereocenters. The predicted molar refractivity (Wildman–Crippen MR) is 117 cm³/mol. The highest BCUT2D eigenvalue weighted by Gasteiger charge is 2.26. The summed E-state index contributed by atoms with van der Waals surface area (Å²) in [4.78, 5) is 17.6. The maximum Gasteiger partial charge on any atom is 0.358 e. The van der Waals surface area contributed by atoms with Gasteiger partial charge in [0.15, 0.2) is 17.2 Å². The summed E-state index contributed by atoms with van der Waals surface area (Å²) in [7, 11) is 0. The van der Waals surface area contributed by atoms with Gasteiger partial charge in [-0.1, -0.05) is 37.8 Å². The minimum atomic E-state index is -0.336. The van der Waals surface area contributed by atoms with Crippen LogP contribution in [-0.2, 0) is 11.3 Å². The molecular weight excluding hydrogens is 424 g/mol. The number of thioether (sulfide) groups is 1. The molecule has 0 bridgehead atoms. The molecule has 30 heavy (non-hydrogen) atoms. The maximum atomic E-state index is 13.0. The molecule has 1 unspecified atom stereocenters. The molecule has 1 aliphatic heterocycles. The van der Waals surface area contributed by atoms with Gasteiger partial charge < -0.3 is 18.8 Å². The first kappa shape index (κ1) is 21.4. The van der Waals surface area contributed by atoms with E-state index < -0.39 is 0 Å². The Bertz CT molecular complexity index is 911. The Hall–Kier alpha value is -1.86. The number of carbonyl (C=O) groups excluding carboxylic acids is 1. The van der Waals surface area contributed by atoms with E-state index in [1.807, 2.05) is 24.5 Å². The van der Waals surface area contributed by atoms with Gasteiger partial charge in [0.05, 0.1) is 19.0 Å². The quantitative estimate of drug-likeness (QED) is 0.504. The molecule has 2 heterocycles. The lowest BCUT2D eigenvalue weighted by atomic mass is 10.0. The Labute approximate surface area is 186 Å². The summed E-state index contributed by atoms with van der Waals surface area (Å²) in [6.07, 6.45) is 8.39. The van der Waals surface area contributed by atoms with E-state index >= 15 is 0 Å². The lowest BCUT2D eigenvalue weighted by molar-refractivity contribution is 0.0317. The van der Waals surface area contributed by atoms with Crippen LogP contribution in [0.1, 0.15) is 68.4 Å². The smallest absolute Gasteiger partial charge is 0.358 e. The minimum Gasteiger partial charge on any atom is -0.458 e. The average Bonchev–Trinajstić information content (AvgIpc) is 3.35. The standard InChI is InChI=1S/C22H27ClN2O4S/c1-3-14(2)29-22(26)20-21(30-16-7-5-4-6-8-16)24-12-25(20)11-15-9-18-19(10-17(15)23)28-13-27-18/h9-10,12,14,16H,3-8,11,13H2,1-2H3. The molecule has 1 aromatic heterocycles. The third kappa shape index (κ3) is 4.72. The van der Waals surface area contributed by atoms with Crippen LogP contribution in [0.5, 0.6) is 11.5 Å². The number of esters is 1. The number of carbonyl (C=O) groups is 1. The summed E-state index contributed by atoms with van der Waals surface area (Å²) in [5.41, 5.74) is 1.34. The second-order valence-electron chi connectivity index (χ2n) is 7.83. The number of aromatic nitrogens is 2. The van der Waals surface area contributed by atoms with Crippen LogP contribution in [0.3, 0.4) is 0 Å². The zero-order valence-corrected chi connectivity index (χ0v) is 18.9. The van der Waals surface area contributed by atoms with Gasteiger partial charge in [-0.2, -0.15) is 0 Å². The molecule has 2 aliphatic rings. The first-order valence-electron chi connectivity index (χ1n) is 10.6. The molecule has 2 aromatic rings. The van der Waals surface area contributed by atoms with Crippen molar-refractivity contribution >= 4 is 29.3 Å². The highest BCUT2D eigenvalue weighted by Crippen LogP contribution is 2.38. The summed E-state index contributed by atoms with van der Waals surface area (Å²) >= 11 is 8.17. The zero-order chi connectivity index (χ0) is 21.1. The van der Waals surface area contributed by atoms with Crippen molar-refractivity contribution in [2.24, 2.45) is 0 Å². The first-order valence-corrected chi connectivity index (χ1v) is 11.8. The van der Waals surface area contributed by atoms with Crippen LogP contribution < -0.4 is 9.47 Å². The number of fused-ring (bicyclic) bond motifs is 1. The highest BCUT2D eigenvalue weighted by atomic mass is 35.5. The van der Waals surface area contributed by atoms with Crippen LogP contribution in [-0.4, -0.2) is 33.7 Å². The molecule has 0 saturated heterocycles. The van der Waals surface area contributed by atoms with Crippen molar-refractivity contribution in [3.05, 3.63) is 34.7 Å². The summed E-state index contributed by atoms with van der Waals surface area (Å²) in [5.74, 6) is 0.964. The Kier molecular flexibility index (Phi) is 6.78. The molecule has 0 amide bonds. The van der Waals surface area contributed by atoms with Crippen molar-refractivity contribution < 1.29 is 19.0 Å². The fourth-order valence-corrected chi connectivity index (χ4v) is 5.22. The summed E-state index contributed by atoms with van der Waals surface area (Å²) in [5, 5.41) is 1.80. The van der Waals surface area contributed by atoms with Crippen molar-refractivity contribution in [1.29, 1.82) is 0 Å². The van der Waals surface area contributed by atoms with Gasteiger partial charge in [-0.3, -0.25) is 0 Å². The molecule has 1 aliphatic carbocycles. The zero-order valence-electron chi connectivity index (χ0n) is 17.4. The van der Waals surface area contributed by atoms with Gasteiger partial charge in [0.25, 0.3) is 0 Å². The normalized spacial score (nSPS) is 17.2. The topological polar surface area (TPSA) is 62.6 Å². The molecule has 0 radical (unpaired) electrons. The van der Waals surface area contributed by atoms with Gasteiger partial charge in [0.2, 0.25) is 6.79 Å². The number of nitrogens with zero attached hydrogens (tertiary/aromatic N) is 2. The second-order valence-corrected chi connectivity index (χ2v) is 9.52. The summed E-state index contributed by atoms with van der Waals surface area (Å²) < 4.78 is 18.4. The molecule has 6 nitrogen and oxygen atoms in total. The number of hydrogen-bond donors (Lipinski definition) is 0. The fourth-order valence-electron chi connectivity index (χ4n) is 3.70. The van der Waals surface area contributed by atoms with Crippen LogP contribution in [0, 0.1) is 0 Å². The predicted octanol–water partition coefficient (Wildman–Crippen LogP) is 5.69. The van der Waals surface area contributed by atoms with Crippen molar-refractivity contribution in [3.63, 3.8) is 0 Å². The van der Waals surface area contributed by atoms with Crippen LogP contribution in [0.2, 0.25) is 5.02 Å². The van der Waals surface area contributed by atoms with Crippen molar-refractivity contribution in [2.45, 2.75) is 75.3 Å². The van der Waals surface area contributed by atoms with E-state index in [9.17, 15) is 4.79 Å². The average molecular weight is 451 g/mol. The Balaban J connectivity index is 1.62. The van der Waals surface area contributed by atoms with Gasteiger partial charge in [-0.25, -0.2) is 9.78 Å². The van der Waals surface area contributed by atoms with Gasteiger partial charge in [-0.05, 0) is 37.8 Å². The van der Waals surface area contributed by atoms with Crippen LogP contribution in [0.15, 0.2) is 23.5 Å². The molecule has 1 aromatic carbocycles. The third-order valence-electron chi connectivity index (χ3n) is 5.59. The van der Waals surface area contributed by atoms with E-state index in [1.54, 1.807) is 24.2 Å². The van der Waals surface area contributed by atoms with Crippen LogP contribution >= 0.6 is 23.4 Å². The van der Waals surface area contributed by atoms with Gasteiger partial charge in [0, 0.05) is 16.3 Å². The number of hydrogen-bond acceptors (Lipinski definition) is 6. The number of halogens is 1. The second kappa shape index (κ2) is 9.52. The van der Waals surface area contributed by atoms with Gasteiger partial charge in [-0.15, -0.1) is 11.8 Å². The number of rotatable bonds is 7. The first-order chi connectivity index (χ1) is 14.5. The van der Waals surface area contributed by atoms with E-state index in [-0.39, 0.29) is 18.9 Å². The van der Waals surface area contributed by atoms with Crippen LogP contribution in [0.4, 0.5) is 0 Å². The summed E-state index contributed by atoms with van der Waals surface area (Å²) in [6, 6.07) is 3.62. The molecule has 0 N–H and O–H groups in total. The number of ether oxygens (including phenoxy) is 3. The lowest BCUT2D eigenvalue weighted by Crippen LogP contribution is -2.19. The molecule has 0 spiro atoms.